The molecule has 0 saturated carbocycles. The molecule has 1 aromatic rings. The van der Waals surface area contributed by atoms with Crippen molar-refractivity contribution in [1.82, 2.24) is 9.29 Å². The van der Waals surface area contributed by atoms with Crippen LogP contribution < -0.4 is 0 Å². The van der Waals surface area contributed by atoms with Gasteiger partial charge in [-0.05, 0) is 19.8 Å². The fourth-order valence-corrected chi connectivity index (χ4v) is 5.15. The van der Waals surface area contributed by atoms with Crippen LogP contribution in [0, 0.1) is 6.92 Å². The zero-order chi connectivity index (χ0) is 13.2. The van der Waals surface area contributed by atoms with Crippen molar-refractivity contribution in [2.24, 2.45) is 0 Å². The van der Waals surface area contributed by atoms with Gasteiger partial charge in [-0.25, -0.2) is 13.4 Å². The van der Waals surface area contributed by atoms with Crippen LogP contribution in [-0.4, -0.2) is 42.0 Å². The third-order valence-electron chi connectivity index (χ3n) is 3.20. The van der Waals surface area contributed by atoms with Gasteiger partial charge < -0.3 is 5.11 Å². The molecule has 0 spiro atoms. The Hall–Kier alpha value is -0.500. The Morgan fingerprint density at radius 2 is 2.28 bits per heavy atom. The first-order valence-electron chi connectivity index (χ1n) is 6.11. The summed E-state index contributed by atoms with van der Waals surface area (Å²) >= 11 is 1.19. The van der Waals surface area contributed by atoms with E-state index in [1.165, 1.54) is 21.8 Å². The van der Waals surface area contributed by atoms with Crippen molar-refractivity contribution in [3.63, 3.8) is 0 Å². The van der Waals surface area contributed by atoms with Gasteiger partial charge in [0.05, 0.1) is 17.8 Å². The Morgan fingerprint density at radius 3 is 2.89 bits per heavy atom. The molecule has 0 amide bonds. The lowest BCUT2D eigenvalue weighted by molar-refractivity contribution is 0.186. The molecule has 0 bridgehead atoms. The average Bonchev–Trinajstić information content (AvgIpc) is 2.65. The van der Waals surface area contributed by atoms with Crippen LogP contribution in [0.25, 0.3) is 0 Å². The lowest BCUT2D eigenvalue weighted by Crippen LogP contribution is -2.41. The van der Waals surface area contributed by atoms with E-state index in [0.29, 0.717) is 6.54 Å². The zero-order valence-electron chi connectivity index (χ0n) is 10.4. The van der Waals surface area contributed by atoms with Crippen LogP contribution in [0.5, 0.6) is 0 Å². The van der Waals surface area contributed by atoms with Crippen molar-refractivity contribution in [3.05, 3.63) is 11.2 Å². The van der Waals surface area contributed by atoms with Crippen molar-refractivity contribution >= 4 is 21.4 Å². The number of aliphatic hydroxyl groups excluding tert-OH is 1. The van der Waals surface area contributed by atoms with Crippen LogP contribution in [0.2, 0.25) is 0 Å². The second-order valence-electron chi connectivity index (χ2n) is 4.50. The lowest BCUT2D eigenvalue weighted by atomic mass is 10.1. The topological polar surface area (TPSA) is 70.5 Å². The molecule has 5 nitrogen and oxygen atoms in total. The van der Waals surface area contributed by atoms with E-state index in [1.54, 1.807) is 6.92 Å². The molecule has 1 fully saturated rings. The van der Waals surface area contributed by atoms with E-state index in [1.807, 2.05) is 0 Å². The Bertz CT molecular complexity index is 498. The van der Waals surface area contributed by atoms with Gasteiger partial charge in [-0.3, -0.25) is 0 Å². The normalized spacial score (nSPS) is 22.9. The van der Waals surface area contributed by atoms with Crippen molar-refractivity contribution in [1.29, 1.82) is 0 Å². The van der Waals surface area contributed by atoms with E-state index in [0.717, 1.165) is 30.7 Å². The molecule has 18 heavy (non-hydrogen) atoms. The van der Waals surface area contributed by atoms with Gasteiger partial charge in [-0.1, -0.05) is 12.8 Å². The number of aliphatic hydroxyl groups is 1. The third kappa shape index (κ3) is 2.74. The van der Waals surface area contributed by atoms with Gasteiger partial charge in [0.25, 0.3) is 10.0 Å². The van der Waals surface area contributed by atoms with E-state index in [4.69, 9.17) is 0 Å². The van der Waals surface area contributed by atoms with Gasteiger partial charge in [0.15, 0.2) is 4.21 Å². The van der Waals surface area contributed by atoms with Crippen LogP contribution in [0.3, 0.4) is 0 Å². The molecule has 1 saturated heterocycles. The first-order chi connectivity index (χ1) is 8.55. The second kappa shape index (κ2) is 5.64. The summed E-state index contributed by atoms with van der Waals surface area (Å²) < 4.78 is 26.7. The largest absolute Gasteiger partial charge is 0.395 e. The average molecular weight is 290 g/mol. The zero-order valence-corrected chi connectivity index (χ0v) is 12.0. The molecule has 1 aliphatic heterocycles. The summed E-state index contributed by atoms with van der Waals surface area (Å²) in [4.78, 5) is 4.00. The van der Waals surface area contributed by atoms with Crippen LogP contribution in [0.1, 0.15) is 30.7 Å². The molecule has 0 radical (unpaired) electrons. The van der Waals surface area contributed by atoms with E-state index < -0.39 is 10.0 Å². The summed E-state index contributed by atoms with van der Waals surface area (Å²) in [7, 11) is -3.50. The van der Waals surface area contributed by atoms with Crippen molar-refractivity contribution in [3.8, 4) is 0 Å². The molecular weight excluding hydrogens is 272 g/mol. The molecule has 1 unspecified atom stereocenters. The van der Waals surface area contributed by atoms with Gasteiger partial charge in [0, 0.05) is 12.6 Å². The number of aromatic nitrogens is 1. The summed E-state index contributed by atoms with van der Waals surface area (Å²) in [5.41, 5.74) is 0. The fraction of sp³-hybridized carbons (Fsp3) is 0.727. The molecule has 2 rings (SSSR count). The number of thiazole rings is 1. The molecule has 2 heterocycles. The van der Waals surface area contributed by atoms with Crippen LogP contribution >= 0.6 is 11.3 Å². The Labute approximate surface area is 112 Å². The summed E-state index contributed by atoms with van der Waals surface area (Å²) in [5.74, 6) is 0. The number of aryl methyl sites for hydroxylation is 1. The highest BCUT2D eigenvalue weighted by atomic mass is 32.2. The highest BCUT2D eigenvalue weighted by Crippen LogP contribution is 2.27. The first-order valence-corrected chi connectivity index (χ1v) is 8.36. The minimum atomic E-state index is -3.50. The van der Waals surface area contributed by atoms with Gasteiger partial charge in [-0.15, -0.1) is 11.3 Å². The van der Waals surface area contributed by atoms with Gasteiger partial charge in [-0.2, -0.15) is 4.31 Å². The fourth-order valence-electron chi connectivity index (χ4n) is 2.23. The van der Waals surface area contributed by atoms with E-state index in [9.17, 15) is 13.5 Å². The molecule has 1 atom stereocenters. The van der Waals surface area contributed by atoms with Crippen LogP contribution in [0.4, 0.5) is 0 Å². The Morgan fingerprint density at radius 1 is 1.50 bits per heavy atom. The molecule has 7 heteroatoms. The first kappa shape index (κ1) is 13.9. The van der Waals surface area contributed by atoms with Crippen molar-refractivity contribution in [2.75, 3.05) is 13.2 Å². The number of hydrogen-bond acceptors (Lipinski definition) is 5. The highest BCUT2D eigenvalue weighted by molar-refractivity contribution is 7.91. The maximum atomic E-state index is 12.5. The maximum absolute atomic E-state index is 12.5. The summed E-state index contributed by atoms with van der Waals surface area (Å²) in [6.07, 6.45) is 4.99. The number of rotatable bonds is 3. The second-order valence-corrected chi connectivity index (χ2v) is 7.85. The van der Waals surface area contributed by atoms with Gasteiger partial charge in [0.1, 0.15) is 0 Å². The molecule has 1 aliphatic rings. The van der Waals surface area contributed by atoms with Crippen molar-refractivity contribution < 1.29 is 13.5 Å². The Kier molecular flexibility index (Phi) is 4.37. The SMILES string of the molecule is Cc1ncc(S(=O)(=O)N2CCCCCC2CO)s1. The number of sulfonamides is 1. The highest BCUT2D eigenvalue weighted by Gasteiger charge is 2.33. The van der Waals surface area contributed by atoms with E-state index >= 15 is 0 Å². The lowest BCUT2D eigenvalue weighted by Gasteiger charge is -2.26. The Balaban J connectivity index is 2.32. The standard InChI is InChI=1S/C11H18N2O3S2/c1-9-12-7-11(17-9)18(15,16)13-6-4-2-3-5-10(13)8-14/h7,10,14H,2-6,8H2,1H3. The van der Waals surface area contributed by atoms with Crippen LogP contribution in [0.15, 0.2) is 10.4 Å². The smallest absolute Gasteiger partial charge is 0.254 e. The van der Waals surface area contributed by atoms with E-state index in [-0.39, 0.29) is 16.9 Å². The summed E-state index contributed by atoms with van der Waals surface area (Å²) in [6.45, 7) is 2.16. The maximum Gasteiger partial charge on any atom is 0.254 e. The van der Waals surface area contributed by atoms with E-state index in [2.05, 4.69) is 4.98 Å². The minimum Gasteiger partial charge on any atom is -0.395 e. The quantitative estimate of drug-likeness (QED) is 0.913. The molecule has 1 N–H and O–H groups in total. The van der Waals surface area contributed by atoms with Gasteiger partial charge in [0.2, 0.25) is 0 Å². The van der Waals surface area contributed by atoms with Crippen LogP contribution in [-0.2, 0) is 10.0 Å². The van der Waals surface area contributed by atoms with Gasteiger partial charge >= 0.3 is 0 Å². The number of hydrogen-bond donors (Lipinski definition) is 1. The third-order valence-corrected chi connectivity index (χ3v) is 6.50. The minimum absolute atomic E-state index is 0.114. The molecule has 0 aromatic carbocycles. The molecule has 0 aliphatic carbocycles. The predicted octanol–water partition coefficient (Wildman–Crippen LogP) is 1.38. The molecule has 1 aromatic heterocycles. The summed E-state index contributed by atoms with van der Waals surface area (Å²) in [5, 5.41) is 10.1. The molecule has 102 valence electrons. The molecular formula is C11H18N2O3S2. The monoisotopic (exact) mass is 290 g/mol. The predicted molar refractivity (Wildman–Crippen MR) is 70.1 cm³/mol. The summed E-state index contributed by atoms with van der Waals surface area (Å²) in [6, 6.07) is -0.292. The number of nitrogens with zero attached hydrogens (tertiary/aromatic N) is 2. The van der Waals surface area contributed by atoms with Crippen molar-refractivity contribution in [2.45, 2.75) is 42.9 Å².